The Kier molecular flexibility index (Phi) is 4.19. The number of imidazole rings is 1. The first-order valence-electron chi connectivity index (χ1n) is 6.38. The number of hydrogen-bond donors (Lipinski definition) is 1. The Morgan fingerprint density at radius 2 is 1.89 bits per heavy atom. The molecule has 0 saturated heterocycles. The number of fused-ring (bicyclic) bond motifs is 1. The largest absolute Gasteiger partial charge is 0.329 e. The summed E-state index contributed by atoms with van der Waals surface area (Å²) in [5, 5.41) is 8.27. The molecule has 0 aliphatic carbocycles. The third-order valence-electron chi connectivity index (χ3n) is 3.16. The molecule has 1 N–H and O–H groups in total. The van der Waals surface area contributed by atoms with E-state index in [9.17, 15) is 4.79 Å². The molecule has 19 heavy (non-hydrogen) atoms. The highest BCUT2D eigenvalue weighted by Crippen LogP contribution is 2.16. The van der Waals surface area contributed by atoms with E-state index in [1.54, 1.807) is 15.2 Å². The van der Waals surface area contributed by atoms with Gasteiger partial charge in [0.05, 0.1) is 11.0 Å². The minimum absolute atomic E-state index is 0.0276. The number of benzene rings is 1. The number of rotatable bonds is 5. The zero-order valence-electron chi connectivity index (χ0n) is 11.2. The summed E-state index contributed by atoms with van der Waals surface area (Å²) in [5.74, 6) is 0. The van der Waals surface area contributed by atoms with E-state index in [0.29, 0.717) is 13.1 Å². The third kappa shape index (κ3) is 2.47. The van der Waals surface area contributed by atoms with Gasteiger partial charge in [-0.3, -0.25) is 14.4 Å². The number of aryl methyl sites for hydroxylation is 2. The molecular weight excluding hydrogens is 244 g/mol. The maximum absolute atomic E-state index is 12.2. The lowest BCUT2D eigenvalue weighted by Crippen LogP contribution is -2.22. The molecule has 1 aromatic heterocycles. The van der Waals surface area contributed by atoms with E-state index in [-0.39, 0.29) is 12.3 Å². The summed E-state index contributed by atoms with van der Waals surface area (Å²) < 4.78 is 3.53. The molecule has 0 bridgehead atoms. The minimum Gasteiger partial charge on any atom is -0.292 e. The van der Waals surface area contributed by atoms with Crippen molar-refractivity contribution in [1.29, 1.82) is 0 Å². The monoisotopic (exact) mass is 262 g/mol. The normalized spacial score (nSPS) is 11.7. The first kappa shape index (κ1) is 13.6. The lowest BCUT2D eigenvalue weighted by Gasteiger charge is -2.00. The molecule has 1 aromatic carbocycles. The summed E-state index contributed by atoms with van der Waals surface area (Å²) in [7, 11) is 0. The average molecular weight is 262 g/mol. The SMILES string of the molecule is CCn1c(=O)n(CC)c2cc(C=CCOO)ccc21. The van der Waals surface area contributed by atoms with Gasteiger partial charge in [0, 0.05) is 13.1 Å². The molecule has 0 unspecified atom stereocenters. The van der Waals surface area contributed by atoms with Crippen LogP contribution in [0.15, 0.2) is 29.1 Å². The second-order valence-electron chi connectivity index (χ2n) is 4.22. The van der Waals surface area contributed by atoms with Crippen molar-refractivity contribution in [3.63, 3.8) is 0 Å². The van der Waals surface area contributed by atoms with Crippen LogP contribution < -0.4 is 5.69 Å². The third-order valence-corrected chi connectivity index (χ3v) is 3.16. The van der Waals surface area contributed by atoms with Crippen molar-refractivity contribution in [2.45, 2.75) is 26.9 Å². The molecule has 2 rings (SSSR count). The first-order chi connectivity index (χ1) is 9.22. The average Bonchev–Trinajstić information content (AvgIpc) is 2.69. The van der Waals surface area contributed by atoms with Crippen LogP contribution in [-0.4, -0.2) is 21.0 Å². The van der Waals surface area contributed by atoms with Gasteiger partial charge in [0.25, 0.3) is 0 Å². The molecular formula is C14H18N2O3. The standard InChI is InChI=1S/C14H18N2O3/c1-3-15-12-8-7-11(6-5-9-19-18)10-13(12)16(4-2)14(15)17/h5-8,10,18H,3-4,9H2,1-2H3. The van der Waals surface area contributed by atoms with E-state index >= 15 is 0 Å². The summed E-state index contributed by atoms with van der Waals surface area (Å²) in [6.45, 7) is 5.38. The van der Waals surface area contributed by atoms with Gasteiger partial charge in [-0.15, -0.1) is 0 Å². The van der Waals surface area contributed by atoms with Gasteiger partial charge >= 0.3 is 5.69 Å². The van der Waals surface area contributed by atoms with Crippen molar-refractivity contribution < 1.29 is 10.1 Å². The lowest BCUT2D eigenvalue weighted by atomic mass is 10.2. The number of nitrogens with zero attached hydrogens (tertiary/aromatic N) is 2. The topological polar surface area (TPSA) is 56.4 Å². The Morgan fingerprint density at radius 3 is 2.53 bits per heavy atom. The number of aromatic nitrogens is 2. The maximum Gasteiger partial charge on any atom is 0.329 e. The molecule has 0 amide bonds. The van der Waals surface area contributed by atoms with Crippen LogP contribution in [-0.2, 0) is 18.0 Å². The Bertz CT molecular complexity index is 652. The quantitative estimate of drug-likeness (QED) is 0.664. The van der Waals surface area contributed by atoms with Crippen LogP contribution in [0.25, 0.3) is 17.1 Å². The maximum atomic E-state index is 12.2. The summed E-state index contributed by atoms with van der Waals surface area (Å²) in [6.07, 6.45) is 3.57. The van der Waals surface area contributed by atoms with Gasteiger partial charge in [0.1, 0.15) is 6.61 Å². The zero-order valence-corrected chi connectivity index (χ0v) is 11.2. The van der Waals surface area contributed by atoms with Crippen LogP contribution in [0.3, 0.4) is 0 Å². The Balaban J connectivity index is 2.56. The minimum atomic E-state index is 0.0276. The fourth-order valence-electron chi connectivity index (χ4n) is 2.28. The van der Waals surface area contributed by atoms with E-state index in [1.165, 1.54) is 0 Å². The fourth-order valence-corrected chi connectivity index (χ4v) is 2.28. The lowest BCUT2D eigenvalue weighted by molar-refractivity contribution is -0.231. The van der Waals surface area contributed by atoms with E-state index in [4.69, 9.17) is 5.26 Å². The van der Waals surface area contributed by atoms with Crippen LogP contribution >= 0.6 is 0 Å². The molecule has 0 fully saturated rings. The molecule has 0 atom stereocenters. The zero-order chi connectivity index (χ0) is 13.8. The van der Waals surface area contributed by atoms with Gasteiger partial charge in [0.2, 0.25) is 0 Å². The van der Waals surface area contributed by atoms with Gasteiger partial charge in [-0.05, 0) is 31.5 Å². The molecule has 2 aromatic rings. The van der Waals surface area contributed by atoms with Gasteiger partial charge in [-0.25, -0.2) is 9.68 Å². The van der Waals surface area contributed by atoms with Crippen LogP contribution in [0.1, 0.15) is 19.4 Å². The molecule has 0 spiro atoms. The summed E-state index contributed by atoms with van der Waals surface area (Å²) in [6, 6.07) is 5.87. The summed E-state index contributed by atoms with van der Waals surface area (Å²) in [5.41, 5.74) is 2.88. The molecule has 0 radical (unpaired) electrons. The van der Waals surface area contributed by atoms with Crippen molar-refractivity contribution >= 4 is 17.1 Å². The van der Waals surface area contributed by atoms with Crippen LogP contribution in [0, 0.1) is 0 Å². The van der Waals surface area contributed by atoms with Gasteiger partial charge in [0.15, 0.2) is 0 Å². The smallest absolute Gasteiger partial charge is 0.292 e. The number of hydrogen-bond acceptors (Lipinski definition) is 3. The van der Waals surface area contributed by atoms with Crippen molar-refractivity contribution in [3.05, 3.63) is 40.3 Å². The summed E-state index contributed by atoms with van der Waals surface area (Å²) in [4.78, 5) is 16.2. The van der Waals surface area contributed by atoms with E-state index in [1.807, 2.05) is 38.1 Å². The molecule has 1 heterocycles. The molecule has 0 aliphatic heterocycles. The molecule has 5 nitrogen and oxygen atoms in total. The highest BCUT2D eigenvalue weighted by atomic mass is 17.1. The van der Waals surface area contributed by atoms with E-state index in [0.717, 1.165) is 16.6 Å². The van der Waals surface area contributed by atoms with Crippen molar-refractivity contribution in [2.24, 2.45) is 0 Å². The van der Waals surface area contributed by atoms with Crippen LogP contribution in [0.4, 0.5) is 0 Å². The Morgan fingerprint density at radius 1 is 1.21 bits per heavy atom. The van der Waals surface area contributed by atoms with Crippen LogP contribution in [0.5, 0.6) is 0 Å². The fraction of sp³-hybridized carbons (Fsp3) is 0.357. The van der Waals surface area contributed by atoms with Crippen molar-refractivity contribution in [3.8, 4) is 0 Å². The Labute approximate surface area is 111 Å². The van der Waals surface area contributed by atoms with E-state index < -0.39 is 0 Å². The second kappa shape index (κ2) is 5.86. The highest BCUT2D eigenvalue weighted by Gasteiger charge is 2.10. The predicted octanol–water partition coefficient (Wildman–Crippen LogP) is 2.35. The first-order valence-corrected chi connectivity index (χ1v) is 6.38. The van der Waals surface area contributed by atoms with E-state index in [2.05, 4.69) is 4.89 Å². The van der Waals surface area contributed by atoms with Crippen molar-refractivity contribution in [2.75, 3.05) is 6.61 Å². The molecule has 0 saturated carbocycles. The van der Waals surface area contributed by atoms with Gasteiger partial charge in [-0.1, -0.05) is 18.2 Å². The molecule has 0 aliphatic rings. The van der Waals surface area contributed by atoms with Gasteiger partial charge in [-0.2, -0.15) is 0 Å². The Hall–Kier alpha value is -1.85. The van der Waals surface area contributed by atoms with Gasteiger partial charge < -0.3 is 0 Å². The van der Waals surface area contributed by atoms with Crippen molar-refractivity contribution in [1.82, 2.24) is 9.13 Å². The second-order valence-corrected chi connectivity index (χ2v) is 4.22. The predicted molar refractivity (Wildman–Crippen MR) is 75.2 cm³/mol. The molecule has 102 valence electrons. The molecule has 5 heteroatoms. The highest BCUT2D eigenvalue weighted by molar-refractivity contribution is 5.79. The van der Waals surface area contributed by atoms with Crippen LogP contribution in [0.2, 0.25) is 0 Å². The summed E-state index contributed by atoms with van der Waals surface area (Å²) >= 11 is 0.